The molecule has 1 N–H and O–H groups in total. The second kappa shape index (κ2) is 7.40. The normalized spacial score (nSPS) is 10.7. The molecule has 0 aliphatic heterocycles. The third kappa shape index (κ3) is 4.19. The summed E-state index contributed by atoms with van der Waals surface area (Å²) in [5.74, 6) is -1.83. The Morgan fingerprint density at radius 3 is 2.60 bits per heavy atom. The van der Waals surface area contributed by atoms with E-state index in [4.69, 9.17) is 16.1 Å². The van der Waals surface area contributed by atoms with Gasteiger partial charge < -0.3 is 9.84 Å². The Morgan fingerprint density at radius 2 is 1.88 bits per heavy atom. The summed E-state index contributed by atoms with van der Waals surface area (Å²) in [6.07, 6.45) is 0.302. The highest BCUT2D eigenvalue weighted by molar-refractivity contribution is 6.30. The van der Waals surface area contributed by atoms with Crippen LogP contribution in [0, 0.1) is 11.6 Å². The summed E-state index contributed by atoms with van der Waals surface area (Å²) in [5.41, 5.74) is 0.788. The van der Waals surface area contributed by atoms with Gasteiger partial charge >= 0.3 is 0 Å². The molecule has 3 rings (SSSR count). The van der Waals surface area contributed by atoms with Gasteiger partial charge in [0.25, 0.3) is 5.91 Å². The summed E-state index contributed by atoms with van der Waals surface area (Å²) in [4.78, 5) is 16.1. The van der Waals surface area contributed by atoms with Crippen LogP contribution in [0.3, 0.4) is 0 Å². The number of hydrogen-bond donors (Lipinski definition) is 1. The molecule has 1 aromatic heterocycles. The van der Waals surface area contributed by atoms with E-state index in [2.05, 4.69) is 15.5 Å². The molecule has 0 radical (unpaired) electrons. The molecule has 1 heterocycles. The Hall–Kier alpha value is -2.80. The van der Waals surface area contributed by atoms with Gasteiger partial charge in [0.1, 0.15) is 0 Å². The Balaban J connectivity index is 1.56. The molecule has 0 aliphatic rings. The number of hydrogen-bond acceptors (Lipinski definition) is 4. The van der Waals surface area contributed by atoms with E-state index in [1.807, 2.05) is 0 Å². The molecule has 5 nitrogen and oxygen atoms in total. The van der Waals surface area contributed by atoms with Gasteiger partial charge in [-0.2, -0.15) is 4.98 Å². The number of aromatic nitrogens is 2. The quantitative estimate of drug-likeness (QED) is 0.751. The number of halogens is 3. The van der Waals surface area contributed by atoms with Crippen LogP contribution in [-0.2, 0) is 6.42 Å². The van der Waals surface area contributed by atoms with Gasteiger partial charge in [0.15, 0.2) is 11.6 Å². The van der Waals surface area contributed by atoms with Gasteiger partial charge in [-0.15, -0.1) is 0 Å². The average Bonchev–Trinajstić information content (AvgIpc) is 3.06. The van der Waals surface area contributed by atoms with Crippen molar-refractivity contribution in [3.05, 3.63) is 70.6 Å². The molecule has 0 fully saturated rings. The van der Waals surface area contributed by atoms with Gasteiger partial charge in [-0.05, 0) is 42.5 Å². The molecule has 0 bridgehead atoms. The highest BCUT2D eigenvalue weighted by atomic mass is 35.5. The molecular formula is C17H12ClF2N3O2. The maximum atomic E-state index is 13.1. The summed E-state index contributed by atoms with van der Waals surface area (Å²) in [7, 11) is 0. The smallest absolute Gasteiger partial charge is 0.251 e. The fourth-order valence-corrected chi connectivity index (χ4v) is 2.22. The first-order chi connectivity index (χ1) is 12.0. The third-order valence-corrected chi connectivity index (χ3v) is 3.63. The predicted molar refractivity (Wildman–Crippen MR) is 87.1 cm³/mol. The Bertz CT molecular complexity index is 897. The molecular weight excluding hydrogens is 352 g/mol. The molecule has 0 aliphatic carbocycles. The fraction of sp³-hybridized carbons (Fsp3) is 0.118. The molecule has 0 unspecified atom stereocenters. The molecule has 0 saturated carbocycles. The van der Waals surface area contributed by atoms with Crippen LogP contribution in [0.25, 0.3) is 11.4 Å². The first-order valence-corrected chi connectivity index (χ1v) is 7.72. The summed E-state index contributed by atoms with van der Waals surface area (Å²) in [6, 6.07) is 9.92. The number of rotatable bonds is 5. The van der Waals surface area contributed by atoms with Crippen LogP contribution in [0.5, 0.6) is 0 Å². The lowest BCUT2D eigenvalue weighted by atomic mass is 10.2. The van der Waals surface area contributed by atoms with Crippen LogP contribution in [0.1, 0.15) is 16.2 Å². The summed E-state index contributed by atoms with van der Waals surface area (Å²) in [5, 5.41) is 7.04. The molecule has 8 heteroatoms. The zero-order valence-corrected chi connectivity index (χ0v) is 13.6. The minimum Gasteiger partial charge on any atom is -0.352 e. The van der Waals surface area contributed by atoms with Gasteiger partial charge in [0, 0.05) is 29.1 Å². The van der Waals surface area contributed by atoms with Crippen molar-refractivity contribution in [2.75, 3.05) is 6.54 Å². The Labute approximate surface area is 146 Å². The number of carbonyl (C=O) groups is 1. The Morgan fingerprint density at radius 1 is 1.12 bits per heavy atom. The molecule has 0 atom stereocenters. The zero-order chi connectivity index (χ0) is 17.8. The van der Waals surface area contributed by atoms with Crippen molar-refractivity contribution < 1.29 is 18.1 Å². The minimum absolute atomic E-state index is 0.0336. The van der Waals surface area contributed by atoms with Crippen molar-refractivity contribution in [1.82, 2.24) is 15.5 Å². The highest BCUT2D eigenvalue weighted by Crippen LogP contribution is 2.18. The molecule has 128 valence electrons. The number of nitrogens with zero attached hydrogens (tertiary/aromatic N) is 2. The van der Waals surface area contributed by atoms with Crippen LogP contribution < -0.4 is 5.32 Å². The number of amides is 1. The second-order valence-corrected chi connectivity index (χ2v) is 5.59. The lowest BCUT2D eigenvalue weighted by molar-refractivity contribution is 0.0953. The van der Waals surface area contributed by atoms with E-state index < -0.39 is 17.5 Å². The summed E-state index contributed by atoms with van der Waals surface area (Å²) >= 11 is 5.82. The Kier molecular flexibility index (Phi) is 5.04. The van der Waals surface area contributed by atoms with E-state index in [1.54, 1.807) is 24.3 Å². The fourth-order valence-electron chi connectivity index (χ4n) is 2.10. The largest absolute Gasteiger partial charge is 0.352 e. The number of carbonyl (C=O) groups excluding carboxylic acids is 1. The first kappa shape index (κ1) is 17.0. The maximum absolute atomic E-state index is 13.1. The minimum atomic E-state index is -1.07. The molecule has 0 spiro atoms. The molecule has 1 amide bonds. The topological polar surface area (TPSA) is 68.0 Å². The zero-order valence-electron chi connectivity index (χ0n) is 12.8. The van der Waals surface area contributed by atoms with Gasteiger partial charge in [-0.25, -0.2) is 8.78 Å². The van der Waals surface area contributed by atoms with Gasteiger partial charge in [0.05, 0.1) is 0 Å². The van der Waals surface area contributed by atoms with Crippen molar-refractivity contribution in [2.24, 2.45) is 0 Å². The number of nitrogens with one attached hydrogen (secondary N) is 1. The van der Waals surface area contributed by atoms with Gasteiger partial charge in [0.2, 0.25) is 11.7 Å². The number of benzene rings is 2. The van der Waals surface area contributed by atoms with Crippen LogP contribution >= 0.6 is 11.6 Å². The lowest BCUT2D eigenvalue weighted by Gasteiger charge is -2.03. The van der Waals surface area contributed by atoms with Crippen molar-refractivity contribution in [3.8, 4) is 11.4 Å². The average molecular weight is 364 g/mol. The SMILES string of the molecule is O=C(NCCc1nc(-c2ccc(Cl)cc2)no1)c1ccc(F)c(F)c1. The van der Waals surface area contributed by atoms with Crippen molar-refractivity contribution in [2.45, 2.75) is 6.42 Å². The third-order valence-electron chi connectivity index (χ3n) is 3.38. The molecule has 0 saturated heterocycles. The predicted octanol–water partition coefficient (Wildman–Crippen LogP) is 3.64. The van der Waals surface area contributed by atoms with E-state index in [9.17, 15) is 13.6 Å². The highest BCUT2D eigenvalue weighted by Gasteiger charge is 2.11. The maximum Gasteiger partial charge on any atom is 0.251 e. The summed E-state index contributed by atoms with van der Waals surface area (Å²) < 4.78 is 31.1. The first-order valence-electron chi connectivity index (χ1n) is 7.35. The van der Waals surface area contributed by atoms with E-state index in [0.29, 0.717) is 23.2 Å². The lowest BCUT2D eigenvalue weighted by Crippen LogP contribution is -2.25. The van der Waals surface area contributed by atoms with Crippen molar-refractivity contribution in [3.63, 3.8) is 0 Å². The van der Waals surface area contributed by atoms with Gasteiger partial charge in [-0.1, -0.05) is 16.8 Å². The van der Waals surface area contributed by atoms with E-state index in [0.717, 1.165) is 17.7 Å². The van der Waals surface area contributed by atoms with E-state index >= 15 is 0 Å². The van der Waals surface area contributed by atoms with E-state index in [-0.39, 0.29) is 12.1 Å². The summed E-state index contributed by atoms with van der Waals surface area (Å²) in [6.45, 7) is 0.208. The van der Waals surface area contributed by atoms with Gasteiger partial charge in [-0.3, -0.25) is 4.79 Å². The monoisotopic (exact) mass is 363 g/mol. The van der Waals surface area contributed by atoms with Crippen LogP contribution in [0.2, 0.25) is 5.02 Å². The molecule has 2 aromatic carbocycles. The van der Waals surface area contributed by atoms with Crippen LogP contribution in [0.4, 0.5) is 8.78 Å². The molecule has 25 heavy (non-hydrogen) atoms. The van der Waals surface area contributed by atoms with Crippen molar-refractivity contribution >= 4 is 17.5 Å². The van der Waals surface area contributed by atoms with E-state index in [1.165, 1.54) is 6.07 Å². The van der Waals surface area contributed by atoms with Crippen LogP contribution in [0.15, 0.2) is 47.0 Å². The van der Waals surface area contributed by atoms with Crippen LogP contribution in [-0.4, -0.2) is 22.6 Å². The second-order valence-electron chi connectivity index (χ2n) is 5.15. The molecule has 3 aromatic rings. The van der Waals surface area contributed by atoms with Crippen molar-refractivity contribution in [1.29, 1.82) is 0 Å². The standard InChI is InChI=1S/C17H12ClF2N3O2/c18-12-4-1-10(2-5-12)16-22-15(25-23-16)7-8-21-17(24)11-3-6-13(19)14(20)9-11/h1-6,9H,7-8H2,(H,21,24).